The number of aromatic nitrogens is 2. The Morgan fingerprint density at radius 3 is 2.65 bits per heavy atom. The third-order valence-corrected chi connectivity index (χ3v) is 4.55. The van der Waals surface area contributed by atoms with E-state index >= 15 is 0 Å². The number of carbonyl (C=O) groups is 1. The number of hydrogen-bond acceptors (Lipinski definition) is 4. The SMILES string of the molecule is Cc1ccc(C)c(NC(=O)c2ccnc(Nc3cccc(Cl)c3Cl)n2)c1. The highest BCUT2D eigenvalue weighted by Crippen LogP contribution is 2.30. The van der Waals surface area contributed by atoms with E-state index in [0.29, 0.717) is 15.7 Å². The summed E-state index contributed by atoms with van der Waals surface area (Å²) in [6.07, 6.45) is 1.51. The van der Waals surface area contributed by atoms with Crippen molar-refractivity contribution in [2.24, 2.45) is 0 Å². The predicted octanol–water partition coefficient (Wildman–Crippen LogP) is 5.40. The van der Waals surface area contributed by atoms with Crippen LogP contribution in [0.15, 0.2) is 48.7 Å². The van der Waals surface area contributed by atoms with E-state index in [4.69, 9.17) is 23.2 Å². The van der Waals surface area contributed by atoms with Crippen molar-refractivity contribution in [2.75, 3.05) is 10.6 Å². The van der Waals surface area contributed by atoms with Crippen LogP contribution in [-0.2, 0) is 0 Å². The maximum absolute atomic E-state index is 12.5. The van der Waals surface area contributed by atoms with Gasteiger partial charge in [0.2, 0.25) is 5.95 Å². The van der Waals surface area contributed by atoms with Crippen molar-refractivity contribution in [3.05, 3.63) is 75.5 Å². The molecule has 0 aliphatic rings. The summed E-state index contributed by atoms with van der Waals surface area (Å²) in [4.78, 5) is 20.9. The second-order valence-corrected chi connectivity index (χ2v) is 6.55. The number of aryl methyl sites for hydroxylation is 2. The highest BCUT2D eigenvalue weighted by atomic mass is 35.5. The largest absolute Gasteiger partial charge is 0.323 e. The summed E-state index contributed by atoms with van der Waals surface area (Å²) in [6, 6.07) is 12.6. The van der Waals surface area contributed by atoms with Gasteiger partial charge in [-0.3, -0.25) is 4.79 Å². The normalized spacial score (nSPS) is 10.5. The smallest absolute Gasteiger partial charge is 0.274 e. The number of hydrogen-bond donors (Lipinski definition) is 2. The van der Waals surface area contributed by atoms with Crippen LogP contribution in [0, 0.1) is 13.8 Å². The molecule has 1 amide bonds. The van der Waals surface area contributed by atoms with Gasteiger partial charge in [0.1, 0.15) is 5.69 Å². The lowest BCUT2D eigenvalue weighted by Gasteiger charge is -2.11. The average Bonchev–Trinajstić information content (AvgIpc) is 2.62. The second kappa shape index (κ2) is 7.72. The fourth-order valence-electron chi connectivity index (χ4n) is 2.32. The lowest BCUT2D eigenvalue weighted by atomic mass is 10.1. The van der Waals surface area contributed by atoms with E-state index in [1.165, 1.54) is 6.20 Å². The van der Waals surface area contributed by atoms with E-state index in [-0.39, 0.29) is 17.5 Å². The van der Waals surface area contributed by atoms with Gasteiger partial charge in [-0.15, -0.1) is 0 Å². The van der Waals surface area contributed by atoms with Gasteiger partial charge < -0.3 is 10.6 Å². The molecule has 0 atom stereocenters. The second-order valence-electron chi connectivity index (χ2n) is 5.76. The van der Waals surface area contributed by atoms with Crippen molar-refractivity contribution < 1.29 is 4.79 Å². The quantitative estimate of drug-likeness (QED) is 0.629. The Morgan fingerprint density at radius 2 is 1.85 bits per heavy atom. The van der Waals surface area contributed by atoms with Crippen LogP contribution in [0.3, 0.4) is 0 Å². The minimum absolute atomic E-state index is 0.238. The molecule has 132 valence electrons. The third-order valence-electron chi connectivity index (χ3n) is 3.73. The standard InChI is InChI=1S/C19H16Cl2N4O/c1-11-6-7-12(2)16(10-11)23-18(26)15-8-9-22-19(25-15)24-14-5-3-4-13(20)17(14)21/h3-10H,1-2H3,(H,23,26)(H,22,24,25). The highest BCUT2D eigenvalue weighted by Gasteiger charge is 2.12. The minimum Gasteiger partial charge on any atom is -0.323 e. The van der Waals surface area contributed by atoms with Gasteiger partial charge in [-0.05, 0) is 49.2 Å². The Kier molecular flexibility index (Phi) is 5.40. The lowest BCUT2D eigenvalue weighted by Crippen LogP contribution is -2.15. The maximum atomic E-state index is 12.5. The number of benzene rings is 2. The van der Waals surface area contributed by atoms with Crippen LogP contribution >= 0.6 is 23.2 Å². The summed E-state index contributed by atoms with van der Waals surface area (Å²) in [7, 11) is 0. The van der Waals surface area contributed by atoms with Gasteiger partial charge in [0.15, 0.2) is 0 Å². The molecule has 0 fully saturated rings. The molecule has 0 saturated carbocycles. The Bertz CT molecular complexity index is 976. The summed E-state index contributed by atoms with van der Waals surface area (Å²) in [5.74, 6) is -0.0656. The molecule has 1 aromatic heterocycles. The van der Waals surface area contributed by atoms with Crippen molar-refractivity contribution in [3.63, 3.8) is 0 Å². The van der Waals surface area contributed by atoms with Gasteiger partial charge in [-0.25, -0.2) is 9.97 Å². The first-order chi connectivity index (χ1) is 12.4. The Labute approximate surface area is 161 Å². The zero-order chi connectivity index (χ0) is 18.7. The summed E-state index contributed by atoms with van der Waals surface area (Å²) in [5, 5.41) is 6.63. The molecule has 0 aliphatic carbocycles. The van der Waals surface area contributed by atoms with Crippen molar-refractivity contribution in [1.29, 1.82) is 0 Å². The topological polar surface area (TPSA) is 66.9 Å². The molecular formula is C19H16Cl2N4O. The molecule has 7 heteroatoms. The van der Waals surface area contributed by atoms with Crippen molar-refractivity contribution >= 4 is 46.4 Å². The van der Waals surface area contributed by atoms with Gasteiger partial charge in [0.05, 0.1) is 15.7 Å². The molecule has 0 spiro atoms. The van der Waals surface area contributed by atoms with Crippen molar-refractivity contribution in [3.8, 4) is 0 Å². The minimum atomic E-state index is -0.318. The van der Waals surface area contributed by atoms with E-state index in [2.05, 4.69) is 20.6 Å². The maximum Gasteiger partial charge on any atom is 0.274 e. The van der Waals surface area contributed by atoms with Gasteiger partial charge >= 0.3 is 0 Å². The number of amides is 1. The monoisotopic (exact) mass is 386 g/mol. The molecule has 26 heavy (non-hydrogen) atoms. The number of nitrogens with one attached hydrogen (secondary N) is 2. The van der Waals surface area contributed by atoms with E-state index in [1.807, 2.05) is 32.0 Å². The number of carbonyl (C=O) groups excluding carboxylic acids is 1. The fraction of sp³-hybridized carbons (Fsp3) is 0.105. The molecule has 1 heterocycles. The Hall–Kier alpha value is -2.63. The van der Waals surface area contributed by atoms with Gasteiger partial charge in [0, 0.05) is 11.9 Å². The van der Waals surface area contributed by atoms with E-state index < -0.39 is 0 Å². The number of nitrogens with zero attached hydrogens (tertiary/aromatic N) is 2. The summed E-state index contributed by atoms with van der Waals surface area (Å²) in [6.45, 7) is 3.90. The number of halogens is 2. The zero-order valence-electron chi connectivity index (χ0n) is 14.2. The Morgan fingerprint density at radius 1 is 1.04 bits per heavy atom. The molecule has 0 bridgehead atoms. The van der Waals surface area contributed by atoms with Crippen LogP contribution in [0.25, 0.3) is 0 Å². The molecule has 3 aromatic rings. The predicted molar refractivity (Wildman–Crippen MR) is 106 cm³/mol. The van der Waals surface area contributed by atoms with Crippen LogP contribution in [0.1, 0.15) is 21.6 Å². The van der Waals surface area contributed by atoms with E-state index in [0.717, 1.165) is 16.8 Å². The lowest BCUT2D eigenvalue weighted by molar-refractivity contribution is 0.102. The van der Waals surface area contributed by atoms with Gasteiger partial charge in [-0.1, -0.05) is 41.4 Å². The van der Waals surface area contributed by atoms with Gasteiger partial charge in [0.25, 0.3) is 5.91 Å². The van der Waals surface area contributed by atoms with Crippen molar-refractivity contribution in [1.82, 2.24) is 9.97 Å². The zero-order valence-corrected chi connectivity index (χ0v) is 15.7. The molecule has 0 radical (unpaired) electrons. The van der Waals surface area contributed by atoms with Crippen molar-refractivity contribution in [2.45, 2.75) is 13.8 Å². The van der Waals surface area contributed by atoms with Gasteiger partial charge in [-0.2, -0.15) is 0 Å². The third kappa shape index (κ3) is 4.12. The summed E-state index contributed by atoms with van der Waals surface area (Å²) < 4.78 is 0. The van der Waals surface area contributed by atoms with Crippen LogP contribution in [0.5, 0.6) is 0 Å². The highest BCUT2D eigenvalue weighted by molar-refractivity contribution is 6.43. The molecule has 0 aliphatic heterocycles. The molecule has 2 N–H and O–H groups in total. The van der Waals surface area contributed by atoms with Crippen LogP contribution in [0.2, 0.25) is 10.0 Å². The molecule has 0 saturated heterocycles. The van der Waals surface area contributed by atoms with E-state index in [9.17, 15) is 4.79 Å². The summed E-state index contributed by atoms with van der Waals surface area (Å²) >= 11 is 12.2. The first-order valence-electron chi connectivity index (χ1n) is 7.87. The number of rotatable bonds is 4. The first-order valence-corrected chi connectivity index (χ1v) is 8.62. The molecule has 0 unspecified atom stereocenters. The van der Waals surface area contributed by atoms with Crippen LogP contribution < -0.4 is 10.6 Å². The van der Waals surface area contributed by atoms with Crippen LogP contribution in [0.4, 0.5) is 17.3 Å². The fourth-order valence-corrected chi connectivity index (χ4v) is 2.67. The molecular weight excluding hydrogens is 371 g/mol. The molecule has 3 rings (SSSR count). The molecule has 2 aromatic carbocycles. The van der Waals surface area contributed by atoms with Crippen LogP contribution in [-0.4, -0.2) is 15.9 Å². The average molecular weight is 387 g/mol. The summed E-state index contributed by atoms with van der Waals surface area (Å²) in [5.41, 5.74) is 3.59. The Balaban J connectivity index is 1.81. The van der Waals surface area contributed by atoms with E-state index in [1.54, 1.807) is 24.3 Å². The first kappa shape index (κ1) is 18.2. The molecule has 5 nitrogen and oxygen atoms in total. The number of anilines is 3.